The summed E-state index contributed by atoms with van der Waals surface area (Å²) in [5.41, 5.74) is -0.622. The van der Waals surface area contributed by atoms with Crippen molar-refractivity contribution < 1.29 is 28.5 Å². The highest BCUT2D eigenvalue weighted by Gasteiger charge is 2.66. The molecule has 7 nitrogen and oxygen atoms in total. The highest BCUT2D eigenvalue weighted by Crippen LogP contribution is 2.44. The molecule has 118 valence electrons. The first-order chi connectivity index (χ1) is 9.57. The number of rotatable bonds is 1. The number of hydrogen-bond donors (Lipinski definition) is 1. The van der Waals surface area contributed by atoms with Crippen LogP contribution >= 0.6 is 0 Å². The lowest BCUT2D eigenvalue weighted by Gasteiger charge is -2.27. The third-order valence-electron chi connectivity index (χ3n) is 3.68. The van der Waals surface area contributed by atoms with Gasteiger partial charge in [-0.2, -0.15) is 0 Å². The standard InChI is InChI=1S/C14H21NO6/c1-13(2,3)21-12(17)15-6-7(16)9-11-10(8(6)18-9)19-14(4,5)20-11/h6,8-11H,1-5H3,(H,15,17)/t6-,8+,9-,10+,11-/m0/s1. The molecule has 0 radical (unpaired) electrons. The van der Waals surface area contributed by atoms with Crippen LogP contribution in [-0.2, 0) is 23.7 Å². The van der Waals surface area contributed by atoms with Gasteiger partial charge in [0.25, 0.3) is 0 Å². The topological polar surface area (TPSA) is 83.1 Å². The molecular formula is C14H21NO6. The van der Waals surface area contributed by atoms with Gasteiger partial charge in [-0.3, -0.25) is 4.79 Å². The maximum atomic E-state index is 12.3. The smallest absolute Gasteiger partial charge is 0.408 e. The van der Waals surface area contributed by atoms with Crippen molar-refractivity contribution in [2.45, 2.75) is 76.5 Å². The van der Waals surface area contributed by atoms with Crippen LogP contribution in [0.4, 0.5) is 4.79 Å². The summed E-state index contributed by atoms with van der Waals surface area (Å²) in [4.78, 5) is 24.1. The Hall–Kier alpha value is -1.18. The zero-order valence-corrected chi connectivity index (χ0v) is 12.8. The second-order valence-corrected chi connectivity index (χ2v) is 7.11. The molecular weight excluding hydrogens is 278 g/mol. The van der Waals surface area contributed by atoms with Gasteiger partial charge in [-0.25, -0.2) is 4.79 Å². The van der Waals surface area contributed by atoms with Gasteiger partial charge in [0.1, 0.15) is 36.1 Å². The van der Waals surface area contributed by atoms with Crippen LogP contribution in [0.15, 0.2) is 0 Å². The minimum Gasteiger partial charge on any atom is -0.444 e. The van der Waals surface area contributed by atoms with E-state index in [4.69, 9.17) is 18.9 Å². The summed E-state index contributed by atoms with van der Waals surface area (Å²) in [6, 6.07) is -0.747. The van der Waals surface area contributed by atoms with Gasteiger partial charge in [0, 0.05) is 0 Å². The van der Waals surface area contributed by atoms with Crippen molar-refractivity contribution in [2.24, 2.45) is 0 Å². The Balaban J connectivity index is 1.69. The summed E-state index contributed by atoms with van der Waals surface area (Å²) in [6.07, 6.45) is -2.58. The highest BCUT2D eigenvalue weighted by atomic mass is 16.8. The van der Waals surface area contributed by atoms with Gasteiger partial charge in [0.15, 0.2) is 11.6 Å². The third-order valence-corrected chi connectivity index (χ3v) is 3.68. The van der Waals surface area contributed by atoms with Gasteiger partial charge >= 0.3 is 6.09 Å². The number of hydrogen-bond acceptors (Lipinski definition) is 6. The fourth-order valence-corrected chi connectivity index (χ4v) is 3.05. The molecule has 0 spiro atoms. The molecule has 3 aliphatic rings. The Bertz CT molecular complexity index is 482. The average molecular weight is 299 g/mol. The van der Waals surface area contributed by atoms with Crippen LogP contribution in [0.2, 0.25) is 0 Å². The van der Waals surface area contributed by atoms with Crippen molar-refractivity contribution in [3.8, 4) is 0 Å². The number of alkyl carbamates (subject to hydrolysis) is 1. The Morgan fingerprint density at radius 1 is 1.19 bits per heavy atom. The number of amides is 1. The fraction of sp³-hybridized carbons (Fsp3) is 0.857. The van der Waals surface area contributed by atoms with E-state index in [0.717, 1.165) is 0 Å². The number of ether oxygens (including phenoxy) is 4. The summed E-state index contributed by atoms with van der Waals surface area (Å²) >= 11 is 0. The number of ketones is 1. The summed E-state index contributed by atoms with van der Waals surface area (Å²) in [6.45, 7) is 8.88. The molecule has 7 heteroatoms. The molecule has 0 unspecified atom stereocenters. The Kier molecular flexibility index (Phi) is 3.10. The summed E-state index contributed by atoms with van der Waals surface area (Å²) in [7, 11) is 0. The summed E-state index contributed by atoms with van der Waals surface area (Å²) in [5.74, 6) is -0.926. The Labute approximate surface area is 123 Å². The molecule has 5 atom stereocenters. The molecule has 3 saturated heterocycles. The SMILES string of the molecule is CC(C)(C)OC(=O)N[C@H]1C(=O)[C@@H]2O[C@H]1[C@H]1OC(C)(C)O[C@H]12. The molecule has 0 saturated carbocycles. The lowest BCUT2D eigenvalue weighted by molar-refractivity contribution is -0.178. The van der Waals surface area contributed by atoms with Crippen molar-refractivity contribution in [3.05, 3.63) is 0 Å². The van der Waals surface area contributed by atoms with Crippen molar-refractivity contribution in [2.75, 3.05) is 0 Å². The zero-order valence-electron chi connectivity index (χ0n) is 12.8. The van der Waals surface area contributed by atoms with E-state index in [0.29, 0.717) is 0 Å². The van der Waals surface area contributed by atoms with E-state index < -0.39 is 41.8 Å². The normalized spacial score (nSPS) is 40.2. The van der Waals surface area contributed by atoms with E-state index in [1.807, 2.05) is 0 Å². The van der Waals surface area contributed by atoms with Crippen LogP contribution < -0.4 is 5.32 Å². The monoisotopic (exact) mass is 299 g/mol. The maximum absolute atomic E-state index is 12.3. The number of fused-ring (bicyclic) bond motifs is 5. The second-order valence-electron chi connectivity index (χ2n) is 7.11. The van der Waals surface area contributed by atoms with E-state index >= 15 is 0 Å². The Morgan fingerprint density at radius 2 is 1.81 bits per heavy atom. The van der Waals surface area contributed by atoms with Crippen LogP contribution in [0.1, 0.15) is 34.6 Å². The minimum atomic E-state index is -0.747. The highest BCUT2D eigenvalue weighted by molar-refractivity contribution is 5.95. The number of carbonyl (C=O) groups excluding carboxylic acids is 2. The van der Waals surface area contributed by atoms with Crippen LogP contribution in [-0.4, -0.2) is 53.7 Å². The van der Waals surface area contributed by atoms with Crippen LogP contribution in [0.3, 0.4) is 0 Å². The molecule has 1 N–H and O–H groups in total. The number of nitrogens with one attached hydrogen (secondary N) is 1. The number of Topliss-reactive ketones (excluding diaryl/α,β-unsaturated/α-hetero) is 1. The van der Waals surface area contributed by atoms with E-state index in [1.54, 1.807) is 34.6 Å². The molecule has 3 heterocycles. The van der Waals surface area contributed by atoms with Gasteiger partial charge in [0.2, 0.25) is 0 Å². The molecule has 2 bridgehead atoms. The van der Waals surface area contributed by atoms with E-state index in [-0.39, 0.29) is 11.9 Å². The van der Waals surface area contributed by atoms with E-state index in [1.165, 1.54) is 0 Å². The summed E-state index contributed by atoms with van der Waals surface area (Å²) in [5, 5.41) is 2.59. The molecule has 0 aromatic carbocycles. The van der Waals surface area contributed by atoms with Crippen molar-refractivity contribution in [1.29, 1.82) is 0 Å². The third kappa shape index (κ3) is 2.54. The largest absolute Gasteiger partial charge is 0.444 e. The molecule has 0 aliphatic carbocycles. The van der Waals surface area contributed by atoms with E-state index in [9.17, 15) is 9.59 Å². The van der Waals surface area contributed by atoms with Crippen LogP contribution in [0.25, 0.3) is 0 Å². The first kappa shape index (κ1) is 14.7. The first-order valence-corrected chi connectivity index (χ1v) is 7.12. The quantitative estimate of drug-likeness (QED) is 0.769. The minimum absolute atomic E-state index is 0.187. The van der Waals surface area contributed by atoms with Gasteiger partial charge in [-0.1, -0.05) is 0 Å². The molecule has 0 aromatic heterocycles. The van der Waals surface area contributed by atoms with E-state index in [2.05, 4.69) is 5.32 Å². The predicted octanol–water partition coefficient (Wildman–Crippen LogP) is 0.750. The second kappa shape index (κ2) is 4.41. The molecule has 21 heavy (non-hydrogen) atoms. The molecule has 1 amide bonds. The Morgan fingerprint density at radius 3 is 2.43 bits per heavy atom. The van der Waals surface area contributed by atoms with Gasteiger partial charge < -0.3 is 24.3 Å². The lowest BCUT2D eigenvalue weighted by Crippen LogP contribution is -2.56. The van der Waals surface area contributed by atoms with Crippen LogP contribution in [0.5, 0.6) is 0 Å². The van der Waals surface area contributed by atoms with Gasteiger partial charge in [-0.15, -0.1) is 0 Å². The molecule has 3 aliphatic heterocycles. The summed E-state index contributed by atoms with van der Waals surface area (Å²) < 4.78 is 22.3. The first-order valence-electron chi connectivity index (χ1n) is 7.12. The van der Waals surface area contributed by atoms with Gasteiger partial charge in [0.05, 0.1) is 0 Å². The molecule has 3 fully saturated rings. The predicted molar refractivity (Wildman–Crippen MR) is 70.7 cm³/mol. The average Bonchev–Trinajstić information content (AvgIpc) is 2.85. The van der Waals surface area contributed by atoms with Crippen molar-refractivity contribution in [1.82, 2.24) is 5.32 Å². The molecule has 3 rings (SSSR count). The number of carbonyl (C=O) groups is 2. The van der Waals surface area contributed by atoms with Crippen molar-refractivity contribution in [3.63, 3.8) is 0 Å². The van der Waals surface area contributed by atoms with Crippen LogP contribution in [0, 0.1) is 0 Å². The maximum Gasteiger partial charge on any atom is 0.408 e. The van der Waals surface area contributed by atoms with Gasteiger partial charge in [-0.05, 0) is 34.6 Å². The fourth-order valence-electron chi connectivity index (χ4n) is 3.05. The lowest BCUT2D eigenvalue weighted by atomic mass is 9.89. The van der Waals surface area contributed by atoms with Crippen molar-refractivity contribution >= 4 is 11.9 Å². The molecule has 0 aromatic rings. The zero-order chi connectivity index (χ0) is 15.6.